The smallest absolute Gasteiger partial charge is 0.303 e. The van der Waals surface area contributed by atoms with E-state index < -0.39 is 17.8 Å². The predicted molar refractivity (Wildman–Crippen MR) is 132 cm³/mol. The monoisotopic (exact) mass is 489 g/mol. The Kier molecular flexibility index (Phi) is 7.39. The lowest BCUT2D eigenvalue weighted by molar-refractivity contribution is -0.137. The van der Waals surface area contributed by atoms with Crippen molar-refractivity contribution in [1.29, 1.82) is 0 Å². The van der Waals surface area contributed by atoms with E-state index >= 15 is 0 Å². The molecule has 0 aliphatic carbocycles. The van der Waals surface area contributed by atoms with E-state index in [9.17, 15) is 19.5 Å². The van der Waals surface area contributed by atoms with Crippen molar-refractivity contribution < 1.29 is 29.3 Å². The lowest BCUT2D eigenvalue weighted by Crippen LogP contribution is -2.41. The first-order valence-electron chi connectivity index (χ1n) is 11.5. The molecule has 0 saturated heterocycles. The first-order chi connectivity index (χ1) is 17.4. The fraction of sp³-hybridized carbons (Fsp3) is 0.222. The number of aliphatic hydroxyl groups excluding tert-OH is 1. The van der Waals surface area contributed by atoms with Crippen molar-refractivity contribution in [3.63, 3.8) is 0 Å². The molecule has 2 aliphatic rings. The number of carbonyl (C=O) groups excluding carboxylic acids is 2. The van der Waals surface area contributed by atoms with Gasteiger partial charge in [-0.25, -0.2) is 0 Å². The Morgan fingerprint density at radius 3 is 2.64 bits per heavy atom. The molecule has 9 heteroatoms. The summed E-state index contributed by atoms with van der Waals surface area (Å²) in [5.41, 5.74) is 2.31. The zero-order valence-corrected chi connectivity index (χ0v) is 19.7. The van der Waals surface area contributed by atoms with Crippen LogP contribution in [-0.2, 0) is 20.9 Å². The molecule has 0 radical (unpaired) electrons. The number of carbonyl (C=O) groups is 3. The van der Waals surface area contributed by atoms with Crippen molar-refractivity contribution >= 4 is 17.8 Å². The number of aliphatic carboxylic acids is 1. The second-order valence-electron chi connectivity index (χ2n) is 8.43. The van der Waals surface area contributed by atoms with Crippen LogP contribution in [-0.4, -0.2) is 46.6 Å². The lowest BCUT2D eigenvalue weighted by Gasteiger charge is -2.33. The molecule has 9 nitrogen and oxygen atoms in total. The van der Waals surface area contributed by atoms with Gasteiger partial charge in [-0.1, -0.05) is 48.5 Å². The molecule has 1 unspecified atom stereocenters. The highest BCUT2D eigenvalue weighted by Gasteiger charge is 2.35. The molecule has 2 heterocycles. The number of hydrogen-bond donors (Lipinski definition) is 4. The SMILES string of the molecule is COc1cccc(C2C=C3C(=CN(Cc4ccccc4)C(C(=O)NCCCC(=O)O)=C3O)NC2=O)c1. The maximum Gasteiger partial charge on any atom is 0.303 e. The predicted octanol–water partition coefficient (Wildman–Crippen LogP) is 2.94. The number of amides is 2. The quantitative estimate of drug-likeness (QED) is 0.399. The molecule has 0 bridgehead atoms. The molecule has 0 spiro atoms. The van der Waals surface area contributed by atoms with Crippen molar-refractivity contribution in [2.75, 3.05) is 13.7 Å². The van der Waals surface area contributed by atoms with Crippen LogP contribution in [0.1, 0.15) is 29.9 Å². The van der Waals surface area contributed by atoms with Gasteiger partial charge in [0.05, 0.1) is 18.7 Å². The number of ether oxygens (including phenoxy) is 1. The Morgan fingerprint density at radius 1 is 1.14 bits per heavy atom. The molecule has 4 N–H and O–H groups in total. The minimum atomic E-state index is -0.950. The summed E-state index contributed by atoms with van der Waals surface area (Å²) < 4.78 is 5.27. The first-order valence-corrected chi connectivity index (χ1v) is 11.5. The number of carboxylic acid groups (broad SMARTS) is 1. The van der Waals surface area contributed by atoms with Crippen LogP contribution < -0.4 is 15.4 Å². The maximum absolute atomic E-state index is 13.1. The van der Waals surface area contributed by atoms with Crippen LogP contribution >= 0.6 is 0 Å². The third-order valence-electron chi connectivity index (χ3n) is 5.93. The average Bonchev–Trinajstić information content (AvgIpc) is 2.87. The Morgan fingerprint density at radius 2 is 1.92 bits per heavy atom. The standard InChI is InChI=1S/C27H27N3O6/c1-36-19-10-5-9-18(13-19)20-14-21-22(29-26(20)34)16-30(15-17-7-3-2-4-8-17)24(25(21)33)27(35)28-12-6-11-23(31)32/h2-5,7-10,13-14,16,20,33H,6,11-12,15H2,1H3,(H,28,35)(H,29,34)(H,31,32). The molecule has 2 aliphatic heterocycles. The van der Waals surface area contributed by atoms with Crippen LogP contribution in [0.2, 0.25) is 0 Å². The summed E-state index contributed by atoms with van der Waals surface area (Å²) in [6, 6.07) is 16.5. The molecule has 2 aromatic carbocycles. The molecule has 36 heavy (non-hydrogen) atoms. The van der Waals surface area contributed by atoms with Gasteiger partial charge in [-0.3, -0.25) is 14.4 Å². The second-order valence-corrected chi connectivity index (χ2v) is 8.43. The van der Waals surface area contributed by atoms with Gasteiger partial charge in [-0.05, 0) is 29.7 Å². The number of nitrogens with one attached hydrogen (secondary N) is 2. The van der Waals surface area contributed by atoms with Crippen LogP contribution in [0.3, 0.4) is 0 Å². The topological polar surface area (TPSA) is 128 Å². The molecule has 186 valence electrons. The molecule has 0 fully saturated rings. The van der Waals surface area contributed by atoms with Gasteiger partial charge in [0.25, 0.3) is 5.91 Å². The largest absolute Gasteiger partial charge is 0.505 e. The van der Waals surface area contributed by atoms with Crippen LogP contribution in [0.25, 0.3) is 0 Å². The molecular weight excluding hydrogens is 462 g/mol. The number of hydrogen-bond acceptors (Lipinski definition) is 6. The fourth-order valence-electron chi connectivity index (χ4n) is 4.15. The fourth-order valence-corrected chi connectivity index (χ4v) is 4.15. The van der Waals surface area contributed by atoms with E-state index in [0.29, 0.717) is 22.6 Å². The van der Waals surface area contributed by atoms with E-state index in [4.69, 9.17) is 9.84 Å². The van der Waals surface area contributed by atoms with Crippen molar-refractivity contribution in [3.8, 4) is 5.75 Å². The number of methoxy groups -OCH3 is 1. The van der Waals surface area contributed by atoms with Crippen molar-refractivity contribution in [3.05, 3.63) is 101 Å². The van der Waals surface area contributed by atoms with E-state index in [1.165, 1.54) is 7.11 Å². The number of benzene rings is 2. The van der Waals surface area contributed by atoms with E-state index in [2.05, 4.69) is 10.6 Å². The van der Waals surface area contributed by atoms with Gasteiger partial charge in [0.1, 0.15) is 11.4 Å². The highest BCUT2D eigenvalue weighted by Crippen LogP contribution is 2.36. The molecule has 4 rings (SSSR count). The van der Waals surface area contributed by atoms with Crippen LogP contribution in [0.15, 0.2) is 89.6 Å². The summed E-state index contributed by atoms with van der Waals surface area (Å²) in [6.07, 6.45) is 3.44. The van der Waals surface area contributed by atoms with Gasteiger partial charge in [0.15, 0.2) is 5.76 Å². The summed E-state index contributed by atoms with van der Waals surface area (Å²) in [5, 5.41) is 25.7. The first kappa shape index (κ1) is 24.6. The zero-order chi connectivity index (χ0) is 25.7. The number of aliphatic hydroxyl groups is 1. The highest BCUT2D eigenvalue weighted by atomic mass is 16.5. The summed E-state index contributed by atoms with van der Waals surface area (Å²) >= 11 is 0. The minimum absolute atomic E-state index is 0.0183. The van der Waals surface area contributed by atoms with E-state index in [1.54, 1.807) is 41.4 Å². The van der Waals surface area contributed by atoms with Gasteiger partial charge in [0, 0.05) is 31.3 Å². The Labute approximate surface area is 208 Å². The van der Waals surface area contributed by atoms with Crippen molar-refractivity contribution in [2.24, 2.45) is 0 Å². The molecule has 2 amide bonds. The minimum Gasteiger partial charge on any atom is -0.505 e. The van der Waals surface area contributed by atoms with Gasteiger partial charge >= 0.3 is 5.97 Å². The van der Waals surface area contributed by atoms with Gasteiger partial charge in [0.2, 0.25) is 5.91 Å². The number of carboxylic acids is 1. The second kappa shape index (κ2) is 10.8. The molecule has 2 aromatic rings. The van der Waals surface area contributed by atoms with Crippen molar-refractivity contribution in [1.82, 2.24) is 15.5 Å². The molecular formula is C27H27N3O6. The van der Waals surface area contributed by atoms with Crippen LogP contribution in [0.4, 0.5) is 0 Å². The number of rotatable bonds is 9. The Balaban J connectivity index is 1.69. The average molecular weight is 490 g/mol. The van der Waals surface area contributed by atoms with E-state index in [0.717, 1.165) is 5.56 Å². The van der Waals surface area contributed by atoms with E-state index in [-0.39, 0.29) is 43.3 Å². The molecule has 0 aromatic heterocycles. The summed E-state index contributed by atoms with van der Waals surface area (Å²) in [6.45, 7) is 0.411. The Hall–Kier alpha value is -4.53. The lowest BCUT2D eigenvalue weighted by atomic mass is 9.89. The Bertz CT molecular complexity index is 1270. The number of nitrogens with zero attached hydrogens (tertiary/aromatic N) is 1. The van der Waals surface area contributed by atoms with Crippen LogP contribution in [0, 0.1) is 0 Å². The van der Waals surface area contributed by atoms with Crippen molar-refractivity contribution in [2.45, 2.75) is 25.3 Å². The number of fused-ring (bicyclic) bond motifs is 1. The third-order valence-corrected chi connectivity index (χ3v) is 5.93. The third kappa shape index (κ3) is 5.41. The summed E-state index contributed by atoms with van der Waals surface area (Å²) in [7, 11) is 1.54. The maximum atomic E-state index is 13.1. The normalized spacial score (nSPS) is 17.0. The van der Waals surface area contributed by atoms with Gasteiger partial charge in [-0.2, -0.15) is 0 Å². The summed E-state index contributed by atoms with van der Waals surface area (Å²) in [4.78, 5) is 38.5. The van der Waals surface area contributed by atoms with E-state index in [1.807, 2.05) is 30.3 Å². The molecule has 1 atom stereocenters. The highest BCUT2D eigenvalue weighted by molar-refractivity contribution is 5.97. The zero-order valence-electron chi connectivity index (χ0n) is 19.7. The van der Waals surface area contributed by atoms with Crippen LogP contribution in [0.5, 0.6) is 5.75 Å². The van der Waals surface area contributed by atoms with Gasteiger partial charge in [-0.15, -0.1) is 0 Å². The van der Waals surface area contributed by atoms with Gasteiger partial charge < -0.3 is 30.5 Å². The summed E-state index contributed by atoms with van der Waals surface area (Å²) in [5.74, 6) is -2.14. The molecule has 0 saturated carbocycles.